The van der Waals surface area contributed by atoms with Gasteiger partial charge < -0.3 is 9.64 Å². The fraction of sp³-hybridized carbons (Fsp3) is 1.00. The molecular weight excluding hydrogens is 284 g/mol. The fourth-order valence-corrected chi connectivity index (χ4v) is 1.32. The molecule has 0 heterocycles. The first-order chi connectivity index (χ1) is 10.0. The van der Waals surface area contributed by atoms with Crippen LogP contribution >= 0.6 is 0 Å². The molecule has 0 aromatic carbocycles. The predicted octanol–water partition coefficient (Wildman–Crippen LogP) is 5.05. The predicted molar refractivity (Wildman–Crippen MR) is 105 cm³/mol. The second kappa shape index (κ2) is 10.0. The maximum Gasteiger partial charge on any atom is 0.0594 e. The van der Waals surface area contributed by atoms with Gasteiger partial charge in [0.15, 0.2) is 0 Å². The standard InChI is InChI=1S/C9H19N.C6H15N.C5H12O/c1-9(2,3)10(4)8-6-5-7-8;1-6(2,3)7(4)5;1-5(2,3)6-4/h8H,5-7H2,1-4H3;1-5H3;1-4H3. The second-order valence-corrected chi connectivity index (χ2v) is 9.75. The van der Waals surface area contributed by atoms with Crippen LogP contribution in [0.1, 0.15) is 81.6 Å². The van der Waals surface area contributed by atoms with Crippen LogP contribution in [0.25, 0.3) is 0 Å². The Hall–Kier alpha value is -0.120. The van der Waals surface area contributed by atoms with E-state index in [0.29, 0.717) is 11.1 Å². The Balaban J connectivity index is 0. The van der Waals surface area contributed by atoms with E-state index in [1.165, 1.54) is 19.3 Å². The van der Waals surface area contributed by atoms with Gasteiger partial charge in [-0.3, -0.25) is 4.90 Å². The average molecular weight is 331 g/mol. The van der Waals surface area contributed by atoms with Gasteiger partial charge in [-0.1, -0.05) is 6.42 Å². The van der Waals surface area contributed by atoms with E-state index in [-0.39, 0.29) is 5.60 Å². The molecule has 23 heavy (non-hydrogen) atoms. The number of hydrogen-bond acceptors (Lipinski definition) is 3. The molecule has 1 saturated carbocycles. The Morgan fingerprint density at radius 2 is 1.04 bits per heavy atom. The number of methoxy groups -OCH3 is 1. The lowest BCUT2D eigenvalue weighted by Crippen LogP contribution is -2.48. The average Bonchev–Trinajstić information content (AvgIpc) is 2.24. The van der Waals surface area contributed by atoms with Gasteiger partial charge in [0.1, 0.15) is 0 Å². The van der Waals surface area contributed by atoms with Crippen molar-refractivity contribution in [3.05, 3.63) is 0 Å². The SMILES string of the molecule is CN(C)C(C)(C)C.CN(C1CCC1)C(C)(C)C.COC(C)(C)C. The van der Waals surface area contributed by atoms with E-state index in [0.717, 1.165) is 6.04 Å². The van der Waals surface area contributed by atoms with Crippen molar-refractivity contribution < 1.29 is 4.74 Å². The molecule has 0 aliphatic heterocycles. The highest BCUT2D eigenvalue weighted by molar-refractivity contribution is 4.85. The van der Waals surface area contributed by atoms with Crippen molar-refractivity contribution >= 4 is 0 Å². The summed E-state index contributed by atoms with van der Waals surface area (Å²) in [4.78, 5) is 4.68. The maximum absolute atomic E-state index is 4.94. The Morgan fingerprint density at radius 1 is 0.739 bits per heavy atom. The van der Waals surface area contributed by atoms with Crippen LogP contribution < -0.4 is 0 Å². The Labute approximate surface area is 147 Å². The molecule has 0 aromatic rings. The van der Waals surface area contributed by atoms with Crippen LogP contribution in [0.2, 0.25) is 0 Å². The summed E-state index contributed by atoms with van der Waals surface area (Å²) in [5.74, 6) is 0. The highest BCUT2D eigenvalue weighted by Gasteiger charge is 2.28. The molecule has 1 rings (SSSR count). The van der Waals surface area contributed by atoms with Crippen molar-refractivity contribution in [1.29, 1.82) is 0 Å². The lowest BCUT2D eigenvalue weighted by Gasteiger charge is -2.43. The molecule has 0 amide bonds. The molecule has 0 unspecified atom stereocenters. The number of ether oxygens (including phenoxy) is 1. The molecular formula is C20H46N2O. The van der Waals surface area contributed by atoms with Crippen LogP contribution in [0, 0.1) is 0 Å². The van der Waals surface area contributed by atoms with Gasteiger partial charge in [-0.15, -0.1) is 0 Å². The van der Waals surface area contributed by atoms with E-state index in [2.05, 4.69) is 72.5 Å². The van der Waals surface area contributed by atoms with Gasteiger partial charge in [0.2, 0.25) is 0 Å². The van der Waals surface area contributed by atoms with Crippen molar-refractivity contribution in [3.8, 4) is 0 Å². The lowest BCUT2D eigenvalue weighted by molar-refractivity contribution is 0.0397. The molecule has 3 heteroatoms. The fourth-order valence-electron chi connectivity index (χ4n) is 1.32. The van der Waals surface area contributed by atoms with E-state index < -0.39 is 0 Å². The third kappa shape index (κ3) is 14.0. The van der Waals surface area contributed by atoms with Gasteiger partial charge in [0.25, 0.3) is 0 Å². The molecule has 3 nitrogen and oxygen atoms in total. The van der Waals surface area contributed by atoms with Crippen LogP contribution in [0.3, 0.4) is 0 Å². The third-order valence-electron chi connectivity index (χ3n) is 4.63. The van der Waals surface area contributed by atoms with Gasteiger partial charge >= 0.3 is 0 Å². The number of nitrogens with zero attached hydrogens (tertiary/aromatic N) is 2. The topological polar surface area (TPSA) is 15.7 Å². The first kappa shape index (κ1) is 25.1. The minimum atomic E-state index is 0.0417. The molecule has 1 aliphatic carbocycles. The molecule has 0 bridgehead atoms. The van der Waals surface area contributed by atoms with E-state index in [1.807, 2.05) is 20.8 Å². The lowest BCUT2D eigenvalue weighted by atomic mass is 9.88. The highest BCUT2D eigenvalue weighted by atomic mass is 16.5. The summed E-state index contributed by atoms with van der Waals surface area (Å²) in [6.45, 7) is 19.5. The van der Waals surface area contributed by atoms with Crippen molar-refractivity contribution in [2.75, 3.05) is 28.3 Å². The normalized spacial score (nSPS) is 16.3. The van der Waals surface area contributed by atoms with Crippen LogP contribution in [0.15, 0.2) is 0 Å². The summed E-state index contributed by atoms with van der Waals surface area (Å²) in [6, 6.07) is 0.875. The summed E-state index contributed by atoms with van der Waals surface area (Å²) >= 11 is 0. The van der Waals surface area contributed by atoms with E-state index in [9.17, 15) is 0 Å². The largest absolute Gasteiger partial charge is 0.379 e. The summed E-state index contributed by atoms with van der Waals surface area (Å²) in [7, 11) is 8.11. The smallest absolute Gasteiger partial charge is 0.0594 e. The Bertz CT molecular complexity index is 288. The van der Waals surface area contributed by atoms with E-state index >= 15 is 0 Å². The molecule has 1 fully saturated rings. The van der Waals surface area contributed by atoms with Crippen molar-refractivity contribution in [2.45, 2.75) is 104 Å². The molecule has 0 N–H and O–H groups in total. The molecule has 0 saturated heterocycles. The van der Waals surface area contributed by atoms with Gasteiger partial charge in [-0.25, -0.2) is 0 Å². The monoisotopic (exact) mass is 330 g/mol. The zero-order valence-electron chi connectivity index (χ0n) is 18.5. The first-order valence-corrected chi connectivity index (χ1v) is 8.98. The van der Waals surface area contributed by atoms with Crippen molar-refractivity contribution in [1.82, 2.24) is 9.80 Å². The van der Waals surface area contributed by atoms with Crippen LogP contribution in [0.5, 0.6) is 0 Å². The summed E-state index contributed by atoms with van der Waals surface area (Å²) in [6.07, 6.45) is 4.26. The number of rotatable bonds is 1. The van der Waals surface area contributed by atoms with Crippen molar-refractivity contribution in [3.63, 3.8) is 0 Å². The van der Waals surface area contributed by atoms with Gasteiger partial charge in [0, 0.05) is 24.2 Å². The van der Waals surface area contributed by atoms with Crippen molar-refractivity contribution in [2.24, 2.45) is 0 Å². The van der Waals surface area contributed by atoms with Gasteiger partial charge in [0.05, 0.1) is 5.60 Å². The molecule has 1 aliphatic rings. The molecule has 0 spiro atoms. The molecule has 0 aromatic heterocycles. The number of hydrogen-bond donors (Lipinski definition) is 0. The minimum absolute atomic E-state index is 0.0417. The maximum atomic E-state index is 4.94. The third-order valence-corrected chi connectivity index (χ3v) is 4.63. The van der Waals surface area contributed by atoms with E-state index in [4.69, 9.17) is 4.74 Å². The highest BCUT2D eigenvalue weighted by Crippen LogP contribution is 2.28. The van der Waals surface area contributed by atoms with Crippen LogP contribution in [-0.4, -0.2) is 60.8 Å². The molecule has 0 atom stereocenters. The first-order valence-electron chi connectivity index (χ1n) is 8.98. The minimum Gasteiger partial charge on any atom is -0.379 e. The molecule has 0 radical (unpaired) electrons. The second-order valence-electron chi connectivity index (χ2n) is 9.75. The summed E-state index contributed by atoms with van der Waals surface area (Å²) in [5.41, 5.74) is 0.741. The zero-order valence-corrected chi connectivity index (χ0v) is 18.5. The van der Waals surface area contributed by atoms with Gasteiger partial charge in [-0.05, 0) is 96.3 Å². The van der Waals surface area contributed by atoms with E-state index in [1.54, 1.807) is 7.11 Å². The Morgan fingerprint density at radius 3 is 1.09 bits per heavy atom. The van der Waals surface area contributed by atoms with Gasteiger partial charge in [-0.2, -0.15) is 0 Å². The van der Waals surface area contributed by atoms with Crippen LogP contribution in [-0.2, 0) is 4.74 Å². The Kier molecular flexibility index (Phi) is 10.9. The molecule has 142 valence electrons. The van der Waals surface area contributed by atoms with Crippen LogP contribution in [0.4, 0.5) is 0 Å². The zero-order chi connectivity index (χ0) is 19.1. The summed E-state index contributed by atoms with van der Waals surface area (Å²) < 4.78 is 4.94. The summed E-state index contributed by atoms with van der Waals surface area (Å²) in [5, 5.41) is 0. The quantitative estimate of drug-likeness (QED) is 0.669.